The summed E-state index contributed by atoms with van der Waals surface area (Å²) >= 11 is 2.22. The summed E-state index contributed by atoms with van der Waals surface area (Å²) in [7, 11) is 0. The number of benzene rings is 2. The van der Waals surface area contributed by atoms with Crippen molar-refractivity contribution in [2.75, 3.05) is 6.61 Å². The molecule has 3 aromatic rings. The summed E-state index contributed by atoms with van der Waals surface area (Å²) in [6.07, 6.45) is -6.15. The third-order valence-electron chi connectivity index (χ3n) is 5.11. The predicted molar refractivity (Wildman–Crippen MR) is 123 cm³/mol. The first-order valence-electron chi connectivity index (χ1n) is 10.3. The molecule has 35 heavy (non-hydrogen) atoms. The number of thiazole rings is 1. The highest BCUT2D eigenvalue weighted by molar-refractivity contribution is 8.14. The third kappa shape index (κ3) is 6.53. The zero-order chi connectivity index (χ0) is 25.0. The van der Waals surface area contributed by atoms with Gasteiger partial charge in [0.05, 0.1) is 16.3 Å². The zero-order valence-corrected chi connectivity index (χ0v) is 19.5. The van der Waals surface area contributed by atoms with Crippen LogP contribution in [0.1, 0.15) is 33.3 Å². The first kappa shape index (κ1) is 25.0. The number of hydrogen-bond acceptors (Lipinski definition) is 8. The van der Waals surface area contributed by atoms with Crippen LogP contribution in [0.2, 0.25) is 0 Å². The first-order chi connectivity index (χ1) is 16.7. The smallest absolute Gasteiger partial charge is 0.416 e. The molecule has 0 radical (unpaired) electrons. The van der Waals surface area contributed by atoms with E-state index in [1.165, 1.54) is 34.4 Å². The second-order valence-corrected chi connectivity index (χ2v) is 9.51. The Hall–Kier alpha value is -3.09. The van der Waals surface area contributed by atoms with Gasteiger partial charge >= 0.3 is 12.1 Å². The molecule has 0 saturated carbocycles. The molecule has 2 N–H and O–H groups in total. The molecule has 0 aliphatic carbocycles. The molecule has 1 aliphatic rings. The lowest BCUT2D eigenvalue weighted by Gasteiger charge is -2.20. The Morgan fingerprint density at radius 2 is 1.97 bits per heavy atom. The minimum atomic E-state index is -4.55. The van der Waals surface area contributed by atoms with Crippen LogP contribution in [-0.2, 0) is 17.3 Å². The number of aliphatic hydroxyl groups is 1. The van der Waals surface area contributed by atoms with Gasteiger partial charge in [0.1, 0.15) is 18.6 Å². The largest absolute Gasteiger partial charge is 0.489 e. The number of aromatic nitrogens is 1. The Labute approximate surface area is 206 Å². The molecule has 184 valence electrons. The van der Waals surface area contributed by atoms with Crippen molar-refractivity contribution in [2.24, 2.45) is 0 Å². The van der Waals surface area contributed by atoms with Crippen LogP contribution < -0.4 is 10.1 Å². The number of carbonyl (C=O) groups excluding carboxylic acids is 2. The first-order valence-corrected chi connectivity index (χ1v) is 12.1. The van der Waals surface area contributed by atoms with Crippen molar-refractivity contribution in [1.82, 2.24) is 10.3 Å². The molecule has 4 rings (SSSR count). The number of amides is 1. The van der Waals surface area contributed by atoms with E-state index in [0.717, 1.165) is 29.5 Å². The van der Waals surface area contributed by atoms with Crippen LogP contribution in [0, 0.1) is 0 Å². The van der Waals surface area contributed by atoms with E-state index in [-0.39, 0.29) is 28.4 Å². The fourth-order valence-electron chi connectivity index (χ4n) is 3.35. The Morgan fingerprint density at radius 1 is 1.20 bits per heavy atom. The maximum atomic E-state index is 13.2. The molecular formula is C23H19F3N2O5S2. The highest BCUT2D eigenvalue weighted by Gasteiger charge is 2.32. The molecule has 0 bridgehead atoms. The van der Waals surface area contributed by atoms with Gasteiger partial charge < -0.3 is 19.9 Å². The highest BCUT2D eigenvalue weighted by atomic mass is 32.2. The molecule has 3 atom stereocenters. The topological polar surface area (TPSA) is 97.8 Å². The number of esters is 1. The molecule has 2 heterocycles. The second-order valence-electron chi connectivity index (χ2n) is 7.58. The van der Waals surface area contributed by atoms with Gasteiger partial charge in [0.25, 0.3) is 5.24 Å². The quantitative estimate of drug-likeness (QED) is 0.408. The average Bonchev–Trinajstić information content (AvgIpc) is 3.47. The van der Waals surface area contributed by atoms with Crippen molar-refractivity contribution in [2.45, 2.75) is 30.2 Å². The highest BCUT2D eigenvalue weighted by Crippen LogP contribution is 2.32. The number of thioether (sulfide) groups is 1. The van der Waals surface area contributed by atoms with Crippen LogP contribution in [0.5, 0.6) is 5.75 Å². The fourth-order valence-corrected chi connectivity index (χ4v) is 4.80. The number of carbonyl (C=O) groups is 2. The van der Waals surface area contributed by atoms with E-state index in [0.29, 0.717) is 12.2 Å². The maximum absolute atomic E-state index is 13.2. The SMILES string of the molecule is O=C1NC(O)C(Cc2ccc(OCC(OC(=O)c3cscn3)c3cccc(C(F)(F)F)c3)cc2)S1. The maximum Gasteiger partial charge on any atom is 0.416 e. The standard InChI is InChI=1S/C23H19F3N2O5S2/c24-23(25,26)15-3-1-2-14(9-15)18(33-21(30)17-11-34-12-27-17)10-32-16-6-4-13(5-7-16)8-19-20(29)28-22(31)35-19/h1-7,9,11-12,18-20,29H,8,10H2,(H,28,31). The van der Waals surface area contributed by atoms with Crippen molar-refractivity contribution >= 4 is 34.3 Å². The third-order valence-corrected chi connectivity index (χ3v) is 6.76. The summed E-state index contributed by atoms with van der Waals surface area (Å²) in [6.45, 7) is -0.230. The van der Waals surface area contributed by atoms with Crippen molar-refractivity contribution in [3.8, 4) is 5.75 Å². The lowest BCUT2D eigenvalue weighted by atomic mass is 10.1. The Morgan fingerprint density at radius 3 is 2.60 bits per heavy atom. The fraction of sp³-hybridized carbons (Fsp3) is 0.261. The lowest BCUT2D eigenvalue weighted by Crippen LogP contribution is -2.31. The van der Waals surface area contributed by atoms with Gasteiger partial charge in [-0.1, -0.05) is 36.0 Å². The monoisotopic (exact) mass is 524 g/mol. The van der Waals surface area contributed by atoms with Crippen molar-refractivity contribution < 1.29 is 37.3 Å². The van der Waals surface area contributed by atoms with E-state index in [2.05, 4.69) is 10.3 Å². The van der Waals surface area contributed by atoms with Gasteiger partial charge in [0, 0.05) is 5.38 Å². The molecule has 1 amide bonds. The molecule has 7 nitrogen and oxygen atoms in total. The average molecular weight is 525 g/mol. The van der Waals surface area contributed by atoms with E-state index in [4.69, 9.17) is 9.47 Å². The Kier molecular flexibility index (Phi) is 7.63. The normalized spacial score (nSPS) is 18.7. The predicted octanol–water partition coefficient (Wildman–Crippen LogP) is 4.82. The van der Waals surface area contributed by atoms with Crippen LogP contribution in [0.25, 0.3) is 0 Å². The summed E-state index contributed by atoms with van der Waals surface area (Å²) in [6, 6.07) is 11.4. The van der Waals surface area contributed by atoms with Crippen LogP contribution in [-0.4, -0.2) is 39.4 Å². The van der Waals surface area contributed by atoms with Gasteiger partial charge in [-0.15, -0.1) is 11.3 Å². The van der Waals surface area contributed by atoms with E-state index in [9.17, 15) is 27.9 Å². The van der Waals surface area contributed by atoms with Crippen LogP contribution in [0.3, 0.4) is 0 Å². The number of alkyl halides is 3. The summed E-state index contributed by atoms with van der Waals surface area (Å²) in [5, 5.41) is 13.2. The van der Waals surface area contributed by atoms with Crippen molar-refractivity contribution in [3.63, 3.8) is 0 Å². The number of aliphatic hydroxyl groups excluding tert-OH is 1. The van der Waals surface area contributed by atoms with E-state index >= 15 is 0 Å². The van der Waals surface area contributed by atoms with Crippen LogP contribution in [0.4, 0.5) is 18.0 Å². The number of nitrogens with one attached hydrogen (secondary N) is 1. The van der Waals surface area contributed by atoms with Crippen molar-refractivity contribution in [1.29, 1.82) is 0 Å². The molecule has 1 aliphatic heterocycles. The molecule has 1 aromatic heterocycles. The van der Waals surface area contributed by atoms with Gasteiger partial charge in [0.2, 0.25) is 0 Å². The zero-order valence-electron chi connectivity index (χ0n) is 17.9. The minimum absolute atomic E-state index is 0.0521. The van der Waals surface area contributed by atoms with Gasteiger partial charge in [-0.25, -0.2) is 9.78 Å². The van der Waals surface area contributed by atoms with Gasteiger partial charge in [-0.3, -0.25) is 4.79 Å². The molecule has 2 aromatic carbocycles. The van der Waals surface area contributed by atoms with Crippen LogP contribution >= 0.6 is 23.1 Å². The molecule has 12 heteroatoms. The molecule has 3 unspecified atom stereocenters. The number of nitrogens with zero attached hydrogens (tertiary/aromatic N) is 1. The molecule has 0 spiro atoms. The molecular weight excluding hydrogens is 505 g/mol. The summed E-state index contributed by atoms with van der Waals surface area (Å²) in [5.74, 6) is -0.368. The van der Waals surface area contributed by atoms with E-state index in [1.807, 2.05) is 0 Å². The van der Waals surface area contributed by atoms with Gasteiger partial charge in [-0.05, 0) is 41.8 Å². The van der Waals surface area contributed by atoms with E-state index < -0.39 is 30.0 Å². The Balaban J connectivity index is 1.46. The van der Waals surface area contributed by atoms with Gasteiger partial charge in [-0.2, -0.15) is 13.2 Å². The summed E-state index contributed by atoms with van der Waals surface area (Å²) in [5.41, 5.74) is 1.62. The lowest BCUT2D eigenvalue weighted by molar-refractivity contribution is -0.137. The summed E-state index contributed by atoms with van der Waals surface area (Å²) < 4.78 is 50.8. The number of rotatable bonds is 8. The number of ether oxygens (including phenoxy) is 2. The number of halogens is 3. The van der Waals surface area contributed by atoms with Crippen LogP contribution in [0.15, 0.2) is 59.4 Å². The minimum Gasteiger partial charge on any atom is -0.489 e. The molecule has 1 saturated heterocycles. The Bertz CT molecular complexity index is 1170. The van der Waals surface area contributed by atoms with Gasteiger partial charge in [0.15, 0.2) is 11.8 Å². The number of hydrogen-bond donors (Lipinski definition) is 2. The molecule has 1 fully saturated rings. The summed E-state index contributed by atoms with van der Waals surface area (Å²) in [4.78, 5) is 27.7. The van der Waals surface area contributed by atoms with Crippen molar-refractivity contribution in [3.05, 3.63) is 81.8 Å². The van der Waals surface area contributed by atoms with E-state index in [1.54, 1.807) is 24.3 Å². The second kappa shape index (κ2) is 10.7.